The lowest BCUT2D eigenvalue weighted by Gasteiger charge is -2.09. The fourth-order valence-electron chi connectivity index (χ4n) is 1.64. The number of nitrogen functional groups attached to an aromatic ring is 1. The van der Waals surface area contributed by atoms with Crippen molar-refractivity contribution in [3.8, 4) is 17.0 Å². The van der Waals surface area contributed by atoms with Crippen LogP contribution < -0.4 is 10.5 Å². The molecule has 0 spiro atoms. The highest BCUT2D eigenvalue weighted by molar-refractivity contribution is 6.32. The highest BCUT2D eigenvalue weighted by atomic mass is 35.5. The van der Waals surface area contributed by atoms with Gasteiger partial charge in [-0.1, -0.05) is 17.7 Å². The Balaban J connectivity index is 2.58. The Morgan fingerprint density at radius 1 is 1.17 bits per heavy atom. The van der Waals surface area contributed by atoms with Crippen LogP contribution in [0, 0.1) is 13.8 Å². The lowest BCUT2D eigenvalue weighted by Crippen LogP contribution is -2.02. The quantitative estimate of drug-likeness (QED) is 0.905. The second-order valence-electron chi connectivity index (χ2n) is 3.98. The molecule has 5 heteroatoms. The molecule has 0 atom stereocenters. The molecule has 0 amide bonds. The average molecular weight is 264 g/mol. The number of anilines is 1. The van der Waals surface area contributed by atoms with Crippen LogP contribution in [0.3, 0.4) is 0 Å². The molecule has 1 heterocycles. The molecule has 1 aromatic carbocycles. The van der Waals surface area contributed by atoms with E-state index in [-0.39, 0.29) is 0 Å². The third-order valence-electron chi connectivity index (χ3n) is 2.76. The average Bonchev–Trinajstić information content (AvgIpc) is 2.35. The summed E-state index contributed by atoms with van der Waals surface area (Å²) in [6.45, 7) is 3.78. The maximum atomic E-state index is 5.99. The van der Waals surface area contributed by atoms with Crippen molar-refractivity contribution < 1.29 is 4.74 Å². The first-order chi connectivity index (χ1) is 8.52. The maximum Gasteiger partial charge on any atom is 0.150 e. The molecule has 2 N–H and O–H groups in total. The van der Waals surface area contributed by atoms with E-state index < -0.39 is 0 Å². The molecule has 0 aliphatic carbocycles. The Labute approximate surface area is 111 Å². The summed E-state index contributed by atoms with van der Waals surface area (Å²) in [5.74, 6) is 0.996. The van der Waals surface area contributed by atoms with Gasteiger partial charge in [-0.05, 0) is 26.0 Å². The number of rotatable bonds is 2. The number of hydrogen-bond donors (Lipinski definition) is 1. The highest BCUT2D eigenvalue weighted by Gasteiger charge is 2.11. The second-order valence-corrected chi connectivity index (χ2v) is 4.38. The lowest BCUT2D eigenvalue weighted by atomic mass is 10.1. The van der Waals surface area contributed by atoms with Crippen molar-refractivity contribution in [1.29, 1.82) is 0 Å². The van der Waals surface area contributed by atoms with E-state index in [4.69, 9.17) is 22.1 Å². The number of hydrogen-bond acceptors (Lipinski definition) is 4. The summed E-state index contributed by atoms with van der Waals surface area (Å²) in [5.41, 5.74) is 9.07. The van der Waals surface area contributed by atoms with E-state index in [1.807, 2.05) is 19.9 Å². The molecule has 2 rings (SSSR count). The van der Waals surface area contributed by atoms with Crippen LogP contribution in [0.5, 0.6) is 5.75 Å². The van der Waals surface area contributed by atoms with Gasteiger partial charge in [0.25, 0.3) is 0 Å². The van der Waals surface area contributed by atoms with E-state index >= 15 is 0 Å². The van der Waals surface area contributed by atoms with E-state index in [2.05, 4.69) is 9.97 Å². The van der Waals surface area contributed by atoms with Gasteiger partial charge in [-0.2, -0.15) is 0 Å². The molecule has 0 saturated heterocycles. The van der Waals surface area contributed by atoms with Crippen molar-refractivity contribution >= 4 is 17.4 Å². The van der Waals surface area contributed by atoms with Crippen molar-refractivity contribution in [2.24, 2.45) is 0 Å². The fourth-order valence-corrected chi connectivity index (χ4v) is 1.83. The molecule has 2 aromatic rings. The fraction of sp³-hybridized carbons (Fsp3) is 0.231. The Bertz CT molecular complexity index is 599. The van der Waals surface area contributed by atoms with Crippen LogP contribution in [0.4, 0.5) is 5.82 Å². The van der Waals surface area contributed by atoms with Gasteiger partial charge in [0.2, 0.25) is 0 Å². The smallest absolute Gasteiger partial charge is 0.150 e. The summed E-state index contributed by atoms with van der Waals surface area (Å²) in [6.07, 6.45) is 0. The van der Waals surface area contributed by atoms with Crippen LogP contribution in [0.25, 0.3) is 11.3 Å². The zero-order chi connectivity index (χ0) is 13.3. The van der Waals surface area contributed by atoms with E-state index in [1.54, 1.807) is 19.2 Å². The zero-order valence-corrected chi connectivity index (χ0v) is 11.2. The second kappa shape index (κ2) is 4.82. The topological polar surface area (TPSA) is 61.0 Å². The van der Waals surface area contributed by atoms with Gasteiger partial charge in [0.15, 0.2) is 0 Å². The minimum atomic E-state index is 0.405. The summed E-state index contributed by atoms with van der Waals surface area (Å²) < 4.78 is 5.18. The van der Waals surface area contributed by atoms with Crippen LogP contribution >= 0.6 is 11.6 Å². The first-order valence-corrected chi connectivity index (χ1v) is 5.85. The summed E-state index contributed by atoms with van der Waals surface area (Å²) in [5, 5.41) is 0.552. The van der Waals surface area contributed by atoms with Crippen LogP contribution in [-0.2, 0) is 0 Å². The van der Waals surface area contributed by atoms with E-state index in [0.717, 1.165) is 17.0 Å². The molecule has 0 bridgehead atoms. The Hall–Kier alpha value is -1.81. The van der Waals surface area contributed by atoms with Crippen LogP contribution in [-0.4, -0.2) is 17.1 Å². The predicted octanol–water partition coefficient (Wildman–Crippen LogP) is 3.00. The zero-order valence-electron chi connectivity index (χ0n) is 10.5. The van der Waals surface area contributed by atoms with Gasteiger partial charge in [0, 0.05) is 5.56 Å². The van der Waals surface area contributed by atoms with Gasteiger partial charge in [0.05, 0.1) is 23.5 Å². The highest BCUT2D eigenvalue weighted by Crippen LogP contribution is 2.31. The molecule has 0 saturated carbocycles. The summed E-state index contributed by atoms with van der Waals surface area (Å²) >= 11 is 5.99. The number of nitrogens with two attached hydrogens (primary N) is 1. The number of ether oxygens (including phenoxy) is 1. The number of benzene rings is 1. The summed E-state index contributed by atoms with van der Waals surface area (Å²) in [7, 11) is 1.57. The van der Waals surface area contributed by atoms with Crippen molar-refractivity contribution in [3.05, 3.63) is 34.6 Å². The van der Waals surface area contributed by atoms with E-state index in [1.165, 1.54) is 0 Å². The van der Waals surface area contributed by atoms with Crippen LogP contribution in [0.2, 0.25) is 5.02 Å². The van der Waals surface area contributed by atoms with E-state index in [9.17, 15) is 0 Å². The summed E-state index contributed by atoms with van der Waals surface area (Å²) in [6, 6.07) is 5.41. The monoisotopic (exact) mass is 263 g/mol. The molecule has 0 aliphatic rings. The normalized spacial score (nSPS) is 10.4. The van der Waals surface area contributed by atoms with Gasteiger partial charge >= 0.3 is 0 Å². The van der Waals surface area contributed by atoms with Gasteiger partial charge in [0.1, 0.15) is 17.3 Å². The Morgan fingerprint density at radius 3 is 2.50 bits per heavy atom. The number of nitrogens with zero attached hydrogens (tertiary/aromatic N) is 2. The molecule has 0 aliphatic heterocycles. The van der Waals surface area contributed by atoms with Crippen LogP contribution in [0.15, 0.2) is 18.2 Å². The molecule has 94 valence electrons. The minimum absolute atomic E-state index is 0.405. The van der Waals surface area contributed by atoms with Gasteiger partial charge in [-0.25, -0.2) is 9.97 Å². The molecular formula is C13H14ClN3O. The van der Waals surface area contributed by atoms with Crippen molar-refractivity contribution in [3.63, 3.8) is 0 Å². The third kappa shape index (κ3) is 2.24. The van der Waals surface area contributed by atoms with Crippen molar-refractivity contribution in [2.45, 2.75) is 13.8 Å². The molecule has 4 nitrogen and oxygen atoms in total. The standard InChI is InChI=1S/C13H14ClN3O/c1-7-8(2)17-13(15)12(16-7)9-4-5-10(14)11(6-9)18-3/h4-6H,1-3H3,(H2,15,17). The minimum Gasteiger partial charge on any atom is -0.495 e. The number of methoxy groups -OCH3 is 1. The van der Waals surface area contributed by atoms with Crippen molar-refractivity contribution in [2.75, 3.05) is 12.8 Å². The molecule has 0 unspecified atom stereocenters. The third-order valence-corrected chi connectivity index (χ3v) is 3.07. The molecule has 1 aromatic heterocycles. The molecule has 0 fully saturated rings. The first kappa shape index (κ1) is 12.6. The van der Waals surface area contributed by atoms with E-state index in [0.29, 0.717) is 22.3 Å². The largest absolute Gasteiger partial charge is 0.495 e. The van der Waals surface area contributed by atoms with Gasteiger partial charge < -0.3 is 10.5 Å². The van der Waals surface area contributed by atoms with Crippen LogP contribution in [0.1, 0.15) is 11.4 Å². The lowest BCUT2D eigenvalue weighted by molar-refractivity contribution is 0.415. The Kier molecular flexibility index (Phi) is 3.39. The number of halogens is 1. The maximum absolute atomic E-state index is 5.99. The SMILES string of the molecule is COc1cc(-c2nc(C)c(C)nc2N)ccc1Cl. The van der Waals surface area contributed by atoms with Crippen molar-refractivity contribution in [1.82, 2.24) is 9.97 Å². The first-order valence-electron chi connectivity index (χ1n) is 5.47. The van der Waals surface area contributed by atoms with Gasteiger partial charge in [-0.15, -0.1) is 0 Å². The molecule has 18 heavy (non-hydrogen) atoms. The summed E-state index contributed by atoms with van der Waals surface area (Å²) in [4.78, 5) is 8.73. The predicted molar refractivity (Wildman–Crippen MR) is 72.9 cm³/mol. The Morgan fingerprint density at radius 2 is 1.83 bits per heavy atom. The number of aryl methyl sites for hydroxylation is 2. The number of aromatic nitrogens is 2. The van der Waals surface area contributed by atoms with Gasteiger partial charge in [-0.3, -0.25) is 0 Å². The molecular weight excluding hydrogens is 250 g/mol. The molecule has 0 radical (unpaired) electrons.